The Morgan fingerprint density at radius 1 is 1.62 bits per heavy atom. The normalized spacial score (nSPS) is 19.7. The second-order valence-corrected chi connectivity index (χ2v) is 6.00. The zero-order chi connectivity index (χ0) is 15.4. The van der Waals surface area contributed by atoms with E-state index in [0.717, 1.165) is 38.8 Å². The smallest absolute Gasteiger partial charge is 0.256 e. The lowest BCUT2D eigenvalue weighted by molar-refractivity contribution is 0.0712. The van der Waals surface area contributed by atoms with Gasteiger partial charge in [0.25, 0.3) is 5.91 Å². The standard InChI is InChI=1S/C15H24ClN3O2/c1-4-5-8-19-14(16)13(11(3)18-19)15(20)17-10(2)12-7-6-9-21-12/h10,12H,4-9H2,1-3H3,(H,17,20)/t10-,12+/m1/s1. The molecule has 6 heteroatoms. The predicted octanol–water partition coefficient (Wildman–Crippen LogP) is 2.94. The number of amides is 1. The maximum Gasteiger partial charge on any atom is 0.256 e. The van der Waals surface area contributed by atoms with Crippen molar-refractivity contribution in [2.24, 2.45) is 0 Å². The molecule has 0 saturated carbocycles. The summed E-state index contributed by atoms with van der Waals surface area (Å²) in [7, 11) is 0. The molecule has 21 heavy (non-hydrogen) atoms. The fourth-order valence-corrected chi connectivity index (χ4v) is 2.98. The molecule has 1 N–H and O–H groups in total. The number of carbonyl (C=O) groups excluding carboxylic acids is 1. The Balaban J connectivity index is 2.06. The first-order chi connectivity index (χ1) is 10.0. The second kappa shape index (κ2) is 7.27. The summed E-state index contributed by atoms with van der Waals surface area (Å²) < 4.78 is 7.32. The molecule has 2 heterocycles. The van der Waals surface area contributed by atoms with E-state index in [2.05, 4.69) is 17.3 Å². The number of carbonyl (C=O) groups is 1. The van der Waals surface area contributed by atoms with E-state index in [1.165, 1.54) is 0 Å². The number of hydrogen-bond acceptors (Lipinski definition) is 3. The largest absolute Gasteiger partial charge is 0.376 e. The number of aryl methyl sites for hydroxylation is 2. The van der Waals surface area contributed by atoms with Gasteiger partial charge >= 0.3 is 0 Å². The summed E-state index contributed by atoms with van der Waals surface area (Å²) in [6.45, 7) is 7.42. The number of hydrogen-bond donors (Lipinski definition) is 1. The third kappa shape index (κ3) is 3.77. The van der Waals surface area contributed by atoms with E-state index < -0.39 is 0 Å². The number of nitrogens with zero attached hydrogens (tertiary/aromatic N) is 2. The topological polar surface area (TPSA) is 56.2 Å². The monoisotopic (exact) mass is 313 g/mol. The molecule has 0 aromatic carbocycles. The number of rotatable bonds is 6. The highest BCUT2D eigenvalue weighted by Gasteiger charge is 2.26. The van der Waals surface area contributed by atoms with E-state index >= 15 is 0 Å². The quantitative estimate of drug-likeness (QED) is 0.878. The van der Waals surface area contributed by atoms with Crippen LogP contribution in [0.15, 0.2) is 0 Å². The van der Waals surface area contributed by atoms with Gasteiger partial charge in [-0.15, -0.1) is 0 Å². The van der Waals surface area contributed by atoms with Crippen molar-refractivity contribution in [1.29, 1.82) is 0 Å². The van der Waals surface area contributed by atoms with Gasteiger partial charge in [0.2, 0.25) is 0 Å². The van der Waals surface area contributed by atoms with Crippen LogP contribution >= 0.6 is 11.6 Å². The Morgan fingerprint density at radius 3 is 3.00 bits per heavy atom. The molecule has 1 aliphatic rings. The number of halogens is 1. The fourth-order valence-electron chi connectivity index (χ4n) is 2.64. The van der Waals surface area contributed by atoms with Gasteiger partial charge in [-0.2, -0.15) is 5.10 Å². The van der Waals surface area contributed by atoms with Crippen LogP contribution in [0.3, 0.4) is 0 Å². The van der Waals surface area contributed by atoms with Crippen LogP contribution in [-0.4, -0.2) is 34.4 Å². The number of aromatic nitrogens is 2. The minimum absolute atomic E-state index is 0.0190. The van der Waals surface area contributed by atoms with Crippen LogP contribution in [0, 0.1) is 6.92 Å². The first-order valence-corrected chi connectivity index (χ1v) is 8.07. The van der Waals surface area contributed by atoms with Gasteiger partial charge in [-0.1, -0.05) is 24.9 Å². The van der Waals surface area contributed by atoms with E-state index in [9.17, 15) is 4.79 Å². The molecular weight excluding hydrogens is 290 g/mol. The van der Waals surface area contributed by atoms with E-state index in [1.807, 2.05) is 13.8 Å². The molecule has 1 aliphatic heterocycles. The van der Waals surface area contributed by atoms with Crippen molar-refractivity contribution in [2.75, 3.05) is 6.61 Å². The van der Waals surface area contributed by atoms with Gasteiger partial charge in [0, 0.05) is 13.2 Å². The minimum atomic E-state index is -0.164. The summed E-state index contributed by atoms with van der Waals surface area (Å²) >= 11 is 6.31. The molecule has 0 aliphatic carbocycles. The number of unbranched alkanes of at least 4 members (excludes halogenated alkanes) is 1. The molecule has 118 valence electrons. The van der Waals surface area contributed by atoms with Crippen molar-refractivity contribution in [3.05, 3.63) is 16.4 Å². The molecular formula is C15H24ClN3O2. The van der Waals surface area contributed by atoms with Gasteiger partial charge in [0.15, 0.2) is 0 Å². The molecule has 0 spiro atoms. The Bertz CT molecular complexity index is 495. The van der Waals surface area contributed by atoms with E-state index in [4.69, 9.17) is 16.3 Å². The van der Waals surface area contributed by atoms with E-state index in [1.54, 1.807) is 4.68 Å². The highest BCUT2D eigenvalue weighted by atomic mass is 35.5. The summed E-state index contributed by atoms with van der Waals surface area (Å²) in [5, 5.41) is 7.78. The molecule has 1 fully saturated rings. The SMILES string of the molecule is CCCCn1nc(C)c(C(=O)N[C@H](C)[C@@H]2CCCO2)c1Cl. The lowest BCUT2D eigenvalue weighted by atomic mass is 10.1. The van der Waals surface area contributed by atoms with E-state index in [-0.39, 0.29) is 18.1 Å². The molecule has 5 nitrogen and oxygen atoms in total. The summed E-state index contributed by atoms with van der Waals surface area (Å²) in [6.07, 6.45) is 4.20. The molecule has 1 amide bonds. The third-order valence-corrected chi connectivity index (χ3v) is 4.28. The molecule has 1 saturated heterocycles. The maximum atomic E-state index is 12.4. The maximum absolute atomic E-state index is 12.4. The summed E-state index contributed by atoms with van der Waals surface area (Å²) in [6, 6.07) is -0.0190. The summed E-state index contributed by atoms with van der Waals surface area (Å²) in [5.74, 6) is -0.164. The highest BCUT2D eigenvalue weighted by Crippen LogP contribution is 2.21. The zero-order valence-electron chi connectivity index (χ0n) is 13.0. The van der Waals surface area contributed by atoms with Crippen molar-refractivity contribution in [1.82, 2.24) is 15.1 Å². The molecule has 2 atom stereocenters. The average molecular weight is 314 g/mol. The van der Waals surface area contributed by atoms with Crippen LogP contribution in [0.5, 0.6) is 0 Å². The van der Waals surface area contributed by atoms with E-state index in [0.29, 0.717) is 16.4 Å². The summed E-state index contributed by atoms with van der Waals surface area (Å²) in [5.41, 5.74) is 1.16. The fraction of sp³-hybridized carbons (Fsp3) is 0.733. The van der Waals surface area contributed by atoms with Crippen molar-refractivity contribution in [3.8, 4) is 0 Å². The van der Waals surface area contributed by atoms with Gasteiger partial charge in [-0.05, 0) is 33.1 Å². The minimum Gasteiger partial charge on any atom is -0.376 e. The van der Waals surface area contributed by atoms with Crippen molar-refractivity contribution >= 4 is 17.5 Å². The van der Waals surface area contributed by atoms with Gasteiger partial charge in [-0.25, -0.2) is 0 Å². The van der Waals surface area contributed by atoms with Crippen LogP contribution in [0.4, 0.5) is 0 Å². The Kier molecular flexibility index (Phi) is 5.65. The number of ether oxygens (including phenoxy) is 1. The molecule has 1 aromatic rings. The van der Waals surface area contributed by atoms with Crippen molar-refractivity contribution in [2.45, 2.75) is 65.1 Å². The Labute approximate surface area is 131 Å². The lowest BCUT2D eigenvalue weighted by Gasteiger charge is -2.19. The van der Waals surface area contributed by atoms with Crippen LogP contribution < -0.4 is 5.32 Å². The lowest BCUT2D eigenvalue weighted by Crippen LogP contribution is -2.41. The number of nitrogens with one attached hydrogen (secondary N) is 1. The third-order valence-electron chi connectivity index (χ3n) is 3.90. The Hall–Kier alpha value is -1.07. The molecule has 1 aromatic heterocycles. The van der Waals surface area contributed by atoms with Gasteiger partial charge in [0.05, 0.1) is 23.4 Å². The average Bonchev–Trinajstić information content (AvgIpc) is 3.05. The molecule has 0 radical (unpaired) electrons. The van der Waals surface area contributed by atoms with Gasteiger partial charge in [-0.3, -0.25) is 9.48 Å². The van der Waals surface area contributed by atoms with Crippen LogP contribution in [0.1, 0.15) is 55.6 Å². The molecule has 2 rings (SSSR count). The van der Waals surface area contributed by atoms with Crippen LogP contribution in [0.25, 0.3) is 0 Å². The van der Waals surface area contributed by atoms with Gasteiger partial charge in [0.1, 0.15) is 5.15 Å². The molecule has 0 unspecified atom stereocenters. The zero-order valence-corrected chi connectivity index (χ0v) is 13.7. The second-order valence-electron chi connectivity index (χ2n) is 5.64. The highest BCUT2D eigenvalue weighted by molar-refractivity contribution is 6.33. The van der Waals surface area contributed by atoms with Crippen LogP contribution in [-0.2, 0) is 11.3 Å². The summed E-state index contributed by atoms with van der Waals surface area (Å²) in [4.78, 5) is 12.4. The predicted molar refractivity (Wildman–Crippen MR) is 82.8 cm³/mol. The van der Waals surface area contributed by atoms with Crippen molar-refractivity contribution in [3.63, 3.8) is 0 Å². The first-order valence-electron chi connectivity index (χ1n) is 7.70. The Morgan fingerprint density at radius 2 is 2.38 bits per heavy atom. The molecule has 0 bridgehead atoms. The van der Waals surface area contributed by atoms with Crippen LogP contribution in [0.2, 0.25) is 5.15 Å². The van der Waals surface area contributed by atoms with Crippen molar-refractivity contribution < 1.29 is 9.53 Å². The first kappa shape index (κ1) is 16.3. The van der Waals surface area contributed by atoms with Gasteiger partial charge < -0.3 is 10.1 Å².